The summed E-state index contributed by atoms with van der Waals surface area (Å²) in [5.74, 6) is 1.16. The number of furan rings is 1. The molecule has 1 aromatic heterocycles. The van der Waals surface area contributed by atoms with Crippen molar-refractivity contribution < 1.29 is 22.7 Å². The average molecular weight is 313 g/mol. The van der Waals surface area contributed by atoms with E-state index in [1.807, 2.05) is 0 Å². The monoisotopic (exact) mass is 313 g/mol. The van der Waals surface area contributed by atoms with Gasteiger partial charge in [-0.1, -0.05) is 12.1 Å². The third-order valence-corrected chi connectivity index (χ3v) is 3.35. The Bertz CT molecular complexity index is 615. The zero-order chi connectivity index (χ0) is 16.4. The normalized spacial score (nSPS) is 14.8. The van der Waals surface area contributed by atoms with E-state index in [1.165, 1.54) is 12.1 Å². The summed E-state index contributed by atoms with van der Waals surface area (Å²) in [6, 6.07) is 8.40. The number of aliphatic hydroxyl groups is 1. The van der Waals surface area contributed by atoms with Crippen LogP contribution in [-0.4, -0.2) is 11.7 Å². The number of rotatable bonds is 5. The molecule has 0 bridgehead atoms. The largest absolute Gasteiger partial charge is 0.463 e. The van der Waals surface area contributed by atoms with Crippen LogP contribution in [0.15, 0.2) is 40.8 Å². The van der Waals surface area contributed by atoms with Crippen LogP contribution in [0.2, 0.25) is 0 Å². The van der Waals surface area contributed by atoms with Crippen molar-refractivity contribution in [2.75, 3.05) is 6.54 Å². The van der Waals surface area contributed by atoms with Gasteiger partial charge < -0.3 is 14.8 Å². The summed E-state index contributed by atoms with van der Waals surface area (Å²) in [6.07, 6.45) is -4.33. The summed E-state index contributed by atoms with van der Waals surface area (Å²) >= 11 is 0. The highest BCUT2D eigenvalue weighted by Gasteiger charge is 2.30. The van der Waals surface area contributed by atoms with Crippen molar-refractivity contribution in [2.24, 2.45) is 0 Å². The fourth-order valence-corrected chi connectivity index (χ4v) is 2.07. The molecule has 0 aliphatic rings. The number of hydrogen-bond donors (Lipinski definition) is 2. The predicted octanol–water partition coefficient (Wildman–Crippen LogP) is 3.60. The summed E-state index contributed by atoms with van der Waals surface area (Å²) < 4.78 is 42.8. The maximum absolute atomic E-state index is 12.5. The zero-order valence-corrected chi connectivity index (χ0v) is 12.4. The molecule has 2 aromatic rings. The van der Waals surface area contributed by atoms with Gasteiger partial charge in [0.2, 0.25) is 0 Å². The van der Waals surface area contributed by atoms with Gasteiger partial charge in [0.1, 0.15) is 17.1 Å². The van der Waals surface area contributed by atoms with E-state index in [9.17, 15) is 18.3 Å². The van der Waals surface area contributed by atoms with Crippen molar-refractivity contribution in [1.29, 1.82) is 0 Å². The first-order valence-electron chi connectivity index (χ1n) is 6.85. The smallest absolute Gasteiger partial charge is 0.416 e. The highest BCUT2D eigenvalue weighted by atomic mass is 19.4. The molecule has 0 aliphatic heterocycles. The van der Waals surface area contributed by atoms with Crippen LogP contribution in [0.1, 0.15) is 29.6 Å². The maximum atomic E-state index is 12.5. The van der Waals surface area contributed by atoms with Crippen LogP contribution in [0.5, 0.6) is 0 Å². The third-order valence-electron chi connectivity index (χ3n) is 3.35. The number of hydrogen-bond acceptors (Lipinski definition) is 3. The van der Waals surface area contributed by atoms with E-state index in [1.54, 1.807) is 26.0 Å². The highest BCUT2D eigenvalue weighted by molar-refractivity contribution is 5.24. The van der Waals surface area contributed by atoms with Gasteiger partial charge in [-0.05, 0) is 43.7 Å². The van der Waals surface area contributed by atoms with Crippen molar-refractivity contribution in [2.45, 2.75) is 32.2 Å². The molecule has 22 heavy (non-hydrogen) atoms. The fraction of sp³-hybridized carbons (Fsp3) is 0.375. The van der Waals surface area contributed by atoms with Crippen LogP contribution in [0.25, 0.3) is 0 Å². The van der Waals surface area contributed by atoms with Crippen LogP contribution < -0.4 is 5.32 Å². The van der Waals surface area contributed by atoms with Gasteiger partial charge in [0.05, 0.1) is 5.56 Å². The standard InChI is InChI=1S/C16H18F3NO2/c1-11-3-8-14(22-11)15(2,21)10-20-9-12-4-6-13(7-5-12)16(17,18)19/h3-8,20-21H,9-10H2,1-2H3. The molecule has 120 valence electrons. The van der Waals surface area contributed by atoms with E-state index in [4.69, 9.17) is 4.42 Å². The van der Waals surface area contributed by atoms with Gasteiger partial charge in [-0.2, -0.15) is 13.2 Å². The van der Waals surface area contributed by atoms with Crippen LogP contribution in [0.3, 0.4) is 0 Å². The Morgan fingerprint density at radius 1 is 1.09 bits per heavy atom. The summed E-state index contributed by atoms with van der Waals surface area (Å²) in [6.45, 7) is 3.98. The Hall–Kier alpha value is -1.79. The second-order valence-electron chi connectivity index (χ2n) is 5.48. The molecule has 1 unspecified atom stereocenters. The van der Waals surface area contributed by atoms with Gasteiger partial charge in [-0.25, -0.2) is 0 Å². The lowest BCUT2D eigenvalue weighted by atomic mass is 10.0. The van der Waals surface area contributed by atoms with Gasteiger partial charge in [0.15, 0.2) is 0 Å². The molecule has 0 aliphatic carbocycles. The molecule has 1 heterocycles. The summed E-state index contributed by atoms with van der Waals surface area (Å²) in [4.78, 5) is 0. The fourth-order valence-electron chi connectivity index (χ4n) is 2.07. The Labute approximate surface area is 126 Å². The first kappa shape index (κ1) is 16.6. The van der Waals surface area contributed by atoms with Crippen LogP contribution in [0, 0.1) is 6.92 Å². The lowest BCUT2D eigenvalue weighted by Crippen LogP contribution is -2.34. The Kier molecular flexibility index (Phi) is 4.63. The first-order chi connectivity index (χ1) is 10.2. The van der Waals surface area contributed by atoms with Gasteiger partial charge >= 0.3 is 6.18 Å². The van der Waals surface area contributed by atoms with E-state index in [0.717, 1.165) is 12.1 Å². The molecule has 0 saturated carbocycles. The van der Waals surface area contributed by atoms with Crippen molar-refractivity contribution in [3.63, 3.8) is 0 Å². The topological polar surface area (TPSA) is 45.4 Å². The van der Waals surface area contributed by atoms with Gasteiger partial charge in [-0.3, -0.25) is 0 Å². The van der Waals surface area contributed by atoms with Crippen LogP contribution in [-0.2, 0) is 18.3 Å². The molecule has 2 N–H and O–H groups in total. The summed E-state index contributed by atoms with van der Waals surface area (Å²) in [5, 5.41) is 13.3. The molecule has 0 radical (unpaired) electrons. The highest BCUT2D eigenvalue weighted by Crippen LogP contribution is 2.29. The van der Waals surface area contributed by atoms with Crippen molar-refractivity contribution in [1.82, 2.24) is 5.32 Å². The molecule has 2 rings (SSSR count). The number of nitrogens with one attached hydrogen (secondary N) is 1. The average Bonchev–Trinajstić information content (AvgIpc) is 2.86. The SMILES string of the molecule is Cc1ccc(C(C)(O)CNCc2ccc(C(F)(F)F)cc2)o1. The van der Waals surface area contributed by atoms with E-state index in [-0.39, 0.29) is 6.54 Å². The van der Waals surface area contributed by atoms with E-state index < -0.39 is 17.3 Å². The van der Waals surface area contributed by atoms with Gasteiger partial charge in [-0.15, -0.1) is 0 Å². The molecule has 1 aromatic carbocycles. The second-order valence-corrected chi connectivity index (χ2v) is 5.48. The Balaban J connectivity index is 1.91. The lowest BCUT2D eigenvalue weighted by Gasteiger charge is -2.21. The van der Waals surface area contributed by atoms with E-state index >= 15 is 0 Å². The van der Waals surface area contributed by atoms with E-state index in [0.29, 0.717) is 23.6 Å². The molecule has 3 nitrogen and oxygen atoms in total. The zero-order valence-electron chi connectivity index (χ0n) is 12.4. The Morgan fingerprint density at radius 2 is 1.73 bits per heavy atom. The van der Waals surface area contributed by atoms with E-state index in [2.05, 4.69) is 5.32 Å². The second kappa shape index (κ2) is 6.14. The number of halogens is 3. The third kappa shape index (κ3) is 4.11. The van der Waals surface area contributed by atoms with Crippen molar-refractivity contribution in [3.05, 3.63) is 59.0 Å². The van der Waals surface area contributed by atoms with Crippen molar-refractivity contribution in [3.8, 4) is 0 Å². The molecule has 0 amide bonds. The summed E-state index contributed by atoms with van der Waals surface area (Å²) in [7, 11) is 0. The maximum Gasteiger partial charge on any atom is 0.416 e. The first-order valence-corrected chi connectivity index (χ1v) is 6.85. The van der Waals surface area contributed by atoms with Crippen LogP contribution >= 0.6 is 0 Å². The molecule has 0 fully saturated rings. The number of benzene rings is 1. The minimum Gasteiger partial charge on any atom is -0.463 e. The molecule has 0 saturated heterocycles. The van der Waals surface area contributed by atoms with Crippen molar-refractivity contribution >= 4 is 0 Å². The quantitative estimate of drug-likeness (QED) is 0.886. The predicted molar refractivity (Wildman–Crippen MR) is 76.2 cm³/mol. The minimum absolute atomic E-state index is 0.223. The molecule has 1 atom stereocenters. The lowest BCUT2D eigenvalue weighted by molar-refractivity contribution is -0.137. The molecule has 0 spiro atoms. The number of aryl methyl sites for hydroxylation is 1. The van der Waals surface area contributed by atoms with Crippen LogP contribution in [0.4, 0.5) is 13.2 Å². The van der Waals surface area contributed by atoms with Gasteiger partial charge in [0, 0.05) is 13.1 Å². The molecule has 6 heteroatoms. The summed E-state index contributed by atoms with van der Waals surface area (Å²) in [5.41, 5.74) is -1.14. The minimum atomic E-state index is -4.33. The molecular formula is C16H18F3NO2. The van der Waals surface area contributed by atoms with Gasteiger partial charge in [0.25, 0.3) is 0 Å². The molecular weight excluding hydrogens is 295 g/mol. The Morgan fingerprint density at radius 3 is 2.23 bits per heavy atom. The number of alkyl halides is 3.